The highest BCUT2D eigenvalue weighted by Crippen LogP contribution is 2.56. The topological polar surface area (TPSA) is 212 Å². The number of benzene rings is 1. The number of phenols is 1. The van der Waals surface area contributed by atoms with E-state index in [0.29, 0.717) is 5.56 Å². The largest absolute Gasteiger partial charge is 0.508 e. The lowest BCUT2D eigenvalue weighted by atomic mass is 9.54. The van der Waals surface area contributed by atoms with Crippen molar-refractivity contribution in [3.63, 3.8) is 0 Å². The average molecular weight is 656 g/mol. The average Bonchev–Trinajstić information content (AvgIpc) is 3.51. The summed E-state index contributed by atoms with van der Waals surface area (Å²) in [6.07, 6.45) is 0.215. The van der Waals surface area contributed by atoms with Gasteiger partial charge in [-0.1, -0.05) is 13.0 Å². The van der Waals surface area contributed by atoms with Crippen LogP contribution in [0.25, 0.3) is 5.76 Å². The fourth-order valence-electron chi connectivity index (χ4n) is 7.45. The number of Topliss-reactive ketones (excluding diaryl/α,β-unsaturated/α-hetero) is 2. The second-order valence-corrected chi connectivity index (χ2v) is 14.3. The highest BCUT2D eigenvalue weighted by atomic mass is 16.4. The van der Waals surface area contributed by atoms with E-state index in [2.05, 4.69) is 16.0 Å². The van der Waals surface area contributed by atoms with Crippen LogP contribution in [-0.2, 0) is 19.2 Å². The maximum absolute atomic E-state index is 14.4. The zero-order valence-corrected chi connectivity index (χ0v) is 27.5. The maximum Gasteiger partial charge on any atom is 0.259 e. The number of hydrogen-bond acceptors (Lipinski definition) is 12. The van der Waals surface area contributed by atoms with Gasteiger partial charge in [0.1, 0.15) is 22.8 Å². The number of nitrogens with one attached hydrogen (secondary N) is 3. The number of aromatic hydroxyl groups is 1. The highest BCUT2D eigenvalue weighted by Gasteiger charge is 2.68. The molecule has 2 amide bonds. The summed E-state index contributed by atoms with van der Waals surface area (Å²) in [7, 11) is 2.99. The summed E-state index contributed by atoms with van der Waals surface area (Å²) in [5, 5.41) is 66.6. The second-order valence-electron chi connectivity index (χ2n) is 14.3. The number of anilines is 1. The van der Waals surface area contributed by atoms with E-state index in [4.69, 9.17) is 0 Å². The van der Waals surface area contributed by atoms with Gasteiger partial charge in [-0.15, -0.1) is 0 Å². The summed E-state index contributed by atoms with van der Waals surface area (Å²) in [5.74, 6) is -9.55. The van der Waals surface area contributed by atoms with Crippen molar-refractivity contribution < 1.29 is 44.7 Å². The predicted octanol–water partition coefficient (Wildman–Crippen LogP) is 0.507. The van der Waals surface area contributed by atoms with Gasteiger partial charge in [0, 0.05) is 17.0 Å². The first kappa shape index (κ1) is 34.5. The van der Waals surface area contributed by atoms with E-state index in [1.807, 2.05) is 25.7 Å². The second kappa shape index (κ2) is 12.3. The van der Waals surface area contributed by atoms with Crippen LogP contribution in [-0.4, -0.2) is 122 Å². The Kier molecular flexibility index (Phi) is 9.05. The minimum Gasteiger partial charge on any atom is -0.508 e. The molecule has 0 aromatic heterocycles. The van der Waals surface area contributed by atoms with E-state index in [-0.39, 0.29) is 30.0 Å². The maximum atomic E-state index is 14.4. The van der Waals surface area contributed by atoms with Gasteiger partial charge in [-0.3, -0.25) is 29.0 Å². The lowest BCUT2D eigenvalue weighted by Crippen LogP contribution is -2.70. The number of aliphatic hydroxyl groups excluding tert-OH is 3. The van der Waals surface area contributed by atoms with Gasteiger partial charge in [-0.05, 0) is 78.3 Å². The number of phenolic OH excluding ortho intramolecular Hbond substituents is 1. The Morgan fingerprint density at radius 1 is 1.09 bits per heavy atom. The lowest BCUT2D eigenvalue weighted by molar-refractivity contribution is -0.169. The van der Waals surface area contributed by atoms with Crippen LogP contribution >= 0.6 is 0 Å². The molecule has 14 nitrogen and oxygen atoms in total. The molecule has 2 fully saturated rings. The molecule has 256 valence electrons. The fourth-order valence-corrected chi connectivity index (χ4v) is 7.45. The number of nitrogens with zero attached hydrogens (tertiary/aromatic N) is 2. The number of likely N-dealkylation sites (tertiary alicyclic amines) is 1. The minimum absolute atomic E-state index is 0.0432. The Bertz CT molecular complexity index is 1570. The first-order valence-electron chi connectivity index (χ1n) is 15.9. The molecule has 1 saturated heterocycles. The Hall–Kier alpha value is -3.82. The van der Waals surface area contributed by atoms with E-state index in [1.54, 1.807) is 13.0 Å². The van der Waals surface area contributed by atoms with Crippen LogP contribution in [0.2, 0.25) is 0 Å². The molecule has 5 unspecified atom stereocenters. The molecule has 1 aromatic rings. The molecule has 47 heavy (non-hydrogen) atoms. The first-order chi connectivity index (χ1) is 21.9. The number of ketones is 2. The van der Waals surface area contributed by atoms with Crippen molar-refractivity contribution in [3.05, 3.63) is 40.2 Å². The summed E-state index contributed by atoms with van der Waals surface area (Å²) in [4.78, 5) is 57.5. The molecule has 0 spiro atoms. The van der Waals surface area contributed by atoms with Crippen LogP contribution in [0, 0.1) is 11.8 Å². The standard InChI is InChI=1S/C33H45N5O9/c1-15-16-9-10-17(36-18(39)13-35-32(2,3)4)25(40)20(16)26(41)21-19(15)27(42)23-24(37(5)6)28(43)22(30(45)33(23,47)29(21)44)31(46)34-14-38-11-7-8-12-38/h9-10,15,19,23-24,27,35,40-42,45,47H,7-8,11-14H2,1-6H3,(H,34,46)(H,36,39)/t15?,19?,23?,24-,27?,33?/m0/s1. The van der Waals surface area contributed by atoms with Crippen LogP contribution in [0.3, 0.4) is 0 Å². The number of carbonyl (C=O) groups is 4. The quantitative estimate of drug-likeness (QED) is 0.149. The number of likely N-dealkylation sites (N-methyl/N-ethyl adjacent to an activating group) is 1. The number of carbonyl (C=O) groups excluding carboxylic acids is 4. The van der Waals surface area contributed by atoms with Gasteiger partial charge < -0.3 is 41.5 Å². The van der Waals surface area contributed by atoms with Crippen molar-refractivity contribution in [2.24, 2.45) is 11.8 Å². The van der Waals surface area contributed by atoms with E-state index in [0.717, 1.165) is 25.9 Å². The Morgan fingerprint density at radius 2 is 1.72 bits per heavy atom. The lowest BCUT2D eigenvalue weighted by Gasteiger charge is -2.53. The van der Waals surface area contributed by atoms with Gasteiger partial charge in [0.2, 0.25) is 11.7 Å². The Morgan fingerprint density at radius 3 is 2.32 bits per heavy atom. The number of hydrogen-bond donors (Lipinski definition) is 8. The van der Waals surface area contributed by atoms with E-state index < -0.39 is 87.3 Å². The fraction of sp³-hybridized carbons (Fsp3) is 0.576. The highest BCUT2D eigenvalue weighted by molar-refractivity contribution is 6.25. The molecule has 6 atom stereocenters. The number of aliphatic hydroxyl groups is 4. The monoisotopic (exact) mass is 655 g/mol. The van der Waals surface area contributed by atoms with Crippen molar-refractivity contribution in [3.8, 4) is 5.75 Å². The predicted molar refractivity (Wildman–Crippen MR) is 171 cm³/mol. The van der Waals surface area contributed by atoms with Crippen LogP contribution in [0.1, 0.15) is 57.6 Å². The molecule has 0 radical (unpaired) electrons. The molecule has 1 heterocycles. The SMILES string of the molecule is CC1c2ccc(NC(=O)CNC(C)(C)C)c(O)c2C(O)=C2C(=O)C3(O)C(O)=C(C(=O)NCN4CCCC4)C(=O)[C@@H](N(C)C)C3C(O)C21. The van der Waals surface area contributed by atoms with E-state index in [1.165, 1.54) is 25.1 Å². The van der Waals surface area contributed by atoms with E-state index >= 15 is 0 Å². The third kappa shape index (κ3) is 5.71. The molecular weight excluding hydrogens is 610 g/mol. The molecule has 1 aromatic carbocycles. The third-order valence-electron chi connectivity index (χ3n) is 9.83. The Balaban J connectivity index is 1.59. The van der Waals surface area contributed by atoms with Gasteiger partial charge in [0.05, 0.1) is 42.5 Å². The summed E-state index contributed by atoms with van der Waals surface area (Å²) in [6.45, 7) is 8.78. The number of rotatable bonds is 7. The number of fused-ring (bicyclic) bond motifs is 3. The Labute approximate surface area is 273 Å². The molecule has 4 aliphatic rings. The molecule has 1 saturated carbocycles. The zero-order chi connectivity index (χ0) is 34.7. The third-order valence-corrected chi connectivity index (χ3v) is 9.83. The molecule has 3 aliphatic carbocycles. The van der Waals surface area contributed by atoms with Gasteiger partial charge in [0.15, 0.2) is 11.4 Å². The normalized spacial score (nSPS) is 29.5. The summed E-state index contributed by atoms with van der Waals surface area (Å²) in [5.41, 5.74) is -4.48. The summed E-state index contributed by atoms with van der Waals surface area (Å²) >= 11 is 0. The van der Waals surface area contributed by atoms with Crippen molar-refractivity contribution in [2.75, 3.05) is 45.7 Å². The number of amides is 2. The molecule has 1 aliphatic heterocycles. The molecule has 8 N–H and O–H groups in total. The van der Waals surface area contributed by atoms with Crippen LogP contribution in [0.15, 0.2) is 29.0 Å². The first-order valence-corrected chi connectivity index (χ1v) is 15.9. The van der Waals surface area contributed by atoms with Gasteiger partial charge in [-0.25, -0.2) is 0 Å². The molecular formula is C33H45N5O9. The minimum atomic E-state index is -2.97. The molecule has 14 heteroatoms. The van der Waals surface area contributed by atoms with Gasteiger partial charge in [0.25, 0.3) is 5.91 Å². The zero-order valence-electron chi connectivity index (χ0n) is 27.5. The van der Waals surface area contributed by atoms with Crippen LogP contribution in [0.4, 0.5) is 5.69 Å². The van der Waals surface area contributed by atoms with Crippen molar-refractivity contribution in [1.82, 2.24) is 20.4 Å². The van der Waals surface area contributed by atoms with Gasteiger partial charge >= 0.3 is 0 Å². The van der Waals surface area contributed by atoms with Crippen molar-refractivity contribution in [2.45, 2.75) is 69.7 Å². The van der Waals surface area contributed by atoms with Crippen LogP contribution in [0.5, 0.6) is 5.75 Å². The van der Waals surface area contributed by atoms with Crippen molar-refractivity contribution >= 4 is 34.8 Å². The van der Waals surface area contributed by atoms with Gasteiger partial charge in [-0.2, -0.15) is 0 Å². The van der Waals surface area contributed by atoms with Crippen LogP contribution < -0.4 is 16.0 Å². The summed E-state index contributed by atoms with van der Waals surface area (Å²) in [6, 6.07) is 1.60. The van der Waals surface area contributed by atoms with Crippen molar-refractivity contribution in [1.29, 1.82) is 0 Å². The molecule has 5 rings (SSSR count). The smallest absolute Gasteiger partial charge is 0.259 e. The van der Waals surface area contributed by atoms with E-state index in [9.17, 15) is 44.7 Å². The summed E-state index contributed by atoms with van der Waals surface area (Å²) < 4.78 is 0. The molecule has 0 bridgehead atoms.